The van der Waals surface area contributed by atoms with Gasteiger partial charge in [0.25, 0.3) is 0 Å². The van der Waals surface area contributed by atoms with Gasteiger partial charge in [-0.3, -0.25) is 0 Å². The first-order valence-electron chi connectivity index (χ1n) is 3.96. The molecule has 11 heavy (non-hydrogen) atoms. The van der Waals surface area contributed by atoms with Gasteiger partial charge in [-0.1, -0.05) is 0 Å². The molecule has 2 N–H and O–H groups in total. The number of hydrogen-bond donors (Lipinski definition) is 1. The maximum atomic E-state index is 5.63. The van der Waals surface area contributed by atoms with E-state index >= 15 is 0 Å². The third-order valence-corrected chi connectivity index (χ3v) is 2.23. The minimum absolute atomic E-state index is 0.435. The minimum Gasteiger partial charge on any atom is -0.328 e. The molecule has 1 atom stereocenters. The largest absolute Gasteiger partial charge is 0.328 e. The van der Waals surface area contributed by atoms with Crippen molar-refractivity contribution in [3.05, 3.63) is 12.7 Å². The van der Waals surface area contributed by atoms with Crippen LogP contribution in [0.2, 0.25) is 0 Å². The maximum Gasteiger partial charge on any atom is 0.119 e. The highest BCUT2D eigenvalue weighted by Gasteiger charge is 2.31. The second-order valence-electron chi connectivity index (χ2n) is 3.05. The van der Waals surface area contributed by atoms with E-state index in [0.29, 0.717) is 12.6 Å². The van der Waals surface area contributed by atoms with Crippen molar-refractivity contribution in [3.63, 3.8) is 0 Å². The smallest absolute Gasteiger partial charge is 0.119 e. The Hall–Kier alpha value is -0.900. The van der Waals surface area contributed by atoms with Gasteiger partial charge < -0.3 is 10.3 Å². The van der Waals surface area contributed by atoms with Gasteiger partial charge in [0.05, 0.1) is 6.04 Å². The Kier molecular flexibility index (Phi) is 1.62. The van der Waals surface area contributed by atoms with Crippen LogP contribution in [0.25, 0.3) is 0 Å². The molecule has 1 aromatic rings. The third-order valence-electron chi connectivity index (χ3n) is 2.23. The fraction of sp³-hybridized carbons (Fsp3) is 0.714. The van der Waals surface area contributed by atoms with E-state index in [4.69, 9.17) is 5.73 Å². The van der Waals surface area contributed by atoms with Crippen LogP contribution in [0.15, 0.2) is 12.7 Å². The molecule has 0 saturated heterocycles. The molecule has 0 bridgehead atoms. The van der Waals surface area contributed by atoms with Gasteiger partial charge in [0.2, 0.25) is 0 Å². The van der Waals surface area contributed by atoms with Crippen LogP contribution in [-0.2, 0) is 0 Å². The van der Waals surface area contributed by atoms with Gasteiger partial charge in [0.1, 0.15) is 12.7 Å². The van der Waals surface area contributed by atoms with E-state index in [1.54, 1.807) is 12.7 Å². The van der Waals surface area contributed by atoms with Gasteiger partial charge in [-0.2, -0.15) is 0 Å². The van der Waals surface area contributed by atoms with Crippen LogP contribution in [0.4, 0.5) is 0 Å². The Morgan fingerprint density at radius 1 is 1.45 bits per heavy atom. The second kappa shape index (κ2) is 2.62. The van der Waals surface area contributed by atoms with Crippen molar-refractivity contribution >= 4 is 0 Å². The first-order chi connectivity index (χ1) is 5.42. The Labute approximate surface area is 65.4 Å². The van der Waals surface area contributed by atoms with E-state index < -0.39 is 0 Å². The predicted molar refractivity (Wildman–Crippen MR) is 40.8 cm³/mol. The van der Waals surface area contributed by atoms with Crippen molar-refractivity contribution in [2.45, 2.75) is 18.9 Å². The fourth-order valence-corrected chi connectivity index (χ4v) is 1.42. The van der Waals surface area contributed by atoms with Gasteiger partial charge in [0.15, 0.2) is 0 Å². The summed E-state index contributed by atoms with van der Waals surface area (Å²) < 4.78 is 2.01. The van der Waals surface area contributed by atoms with Crippen LogP contribution in [0, 0.1) is 5.92 Å². The zero-order valence-electron chi connectivity index (χ0n) is 6.35. The van der Waals surface area contributed by atoms with E-state index in [-0.39, 0.29) is 0 Å². The van der Waals surface area contributed by atoms with Crippen molar-refractivity contribution in [2.24, 2.45) is 11.7 Å². The van der Waals surface area contributed by atoms with Crippen molar-refractivity contribution in [1.29, 1.82) is 0 Å². The maximum absolute atomic E-state index is 5.63. The van der Waals surface area contributed by atoms with Crippen LogP contribution in [0.1, 0.15) is 18.9 Å². The summed E-state index contributed by atoms with van der Waals surface area (Å²) in [4.78, 5) is 0. The van der Waals surface area contributed by atoms with Crippen LogP contribution < -0.4 is 5.73 Å². The molecule has 1 aromatic heterocycles. The Balaban J connectivity index is 2.11. The van der Waals surface area contributed by atoms with Crippen molar-refractivity contribution < 1.29 is 0 Å². The second-order valence-corrected chi connectivity index (χ2v) is 3.05. The highest BCUT2D eigenvalue weighted by molar-refractivity contribution is 4.87. The minimum atomic E-state index is 0.435. The summed E-state index contributed by atoms with van der Waals surface area (Å²) in [6.07, 6.45) is 6.10. The summed E-state index contributed by atoms with van der Waals surface area (Å²) in [7, 11) is 0. The molecule has 0 radical (unpaired) electrons. The van der Waals surface area contributed by atoms with E-state index in [2.05, 4.69) is 10.2 Å². The highest BCUT2D eigenvalue weighted by Crippen LogP contribution is 2.38. The van der Waals surface area contributed by atoms with Gasteiger partial charge in [-0.05, 0) is 18.8 Å². The summed E-state index contributed by atoms with van der Waals surface area (Å²) in [6, 6.07) is 0.435. The number of aromatic nitrogens is 3. The molecule has 1 aliphatic carbocycles. The molecule has 4 nitrogen and oxygen atoms in total. The Morgan fingerprint density at radius 3 is 2.55 bits per heavy atom. The molecule has 2 rings (SSSR count). The number of nitrogens with two attached hydrogens (primary N) is 1. The van der Waals surface area contributed by atoms with Crippen LogP contribution in [0.5, 0.6) is 0 Å². The van der Waals surface area contributed by atoms with Gasteiger partial charge >= 0.3 is 0 Å². The zero-order chi connectivity index (χ0) is 7.68. The SMILES string of the molecule is NCC(C1CC1)n1cnnc1. The molecule has 60 valence electrons. The van der Waals surface area contributed by atoms with Crippen LogP contribution >= 0.6 is 0 Å². The van der Waals surface area contributed by atoms with Crippen molar-refractivity contribution in [3.8, 4) is 0 Å². The molecule has 0 aliphatic heterocycles. The molecule has 0 spiro atoms. The molecule has 1 aliphatic rings. The van der Waals surface area contributed by atoms with E-state index in [0.717, 1.165) is 5.92 Å². The average Bonchev–Trinajstić information content (AvgIpc) is 2.68. The normalized spacial score (nSPS) is 20.1. The average molecular weight is 152 g/mol. The first kappa shape index (κ1) is 6.79. The molecular formula is C7H12N4. The Bertz CT molecular complexity index is 214. The van der Waals surface area contributed by atoms with E-state index in [1.165, 1.54) is 12.8 Å². The lowest BCUT2D eigenvalue weighted by Crippen LogP contribution is -2.19. The zero-order valence-corrected chi connectivity index (χ0v) is 6.35. The molecule has 0 aromatic carbocycles. The summed E-state index contributed by atoms with van der Waals surface area (Å²) in [5.74, 6) is 0.774. The lowest BCUT2D eigenvalue weighted by atomic mass is 10.2. The van der Waals surface area contributed by atoms with Gasteiger partial charge in [-0.25, -0.2) is 0 Å². The topological polar surface area (TPSA) is 56.7 Å². The van der Waals surface area contributed by atoms with Crippen molar-refractivity contribution in [2.75, 3.05) is 6.54 Å². The lowest BCUT2D eigenvalue weighted by Gasteiger charge is -2.13. The fourth-order valence-electron chi connectivity index (χ4n) is 1.42. The predicted octanol–water partition coefficient (Wildman–Crippen LogP) is 0.188. The van der Waals surface area contributed by atoms with Crippen LogP contribution in [-0.4, -0.2) is 21.3 Å². The third kappa shape index (κ3) is 1.26. The summed E-state index contributed by atoms with van der Waals surface area (Å²) in [5, 5.41) is 7.52. The van der Waals surface area contributed by atoms with E-state index in [9.17, 15) is 0 Å². The molecule has 0 amide bonds. The summed E-state index contributed by atoms with van der Waals surface area (Å²) >= 11 is 0. The molecule has 1 fully saturated rings. The molecule has 1 unspecified atom stereocenters. The highest BCUT2D eigenvalue weighted by atomic mass is 15.2. The van der Waals surface area contributed by atoms with Crippen LogP contribution in [0.3, 0.4) is 0 Å². The molecule has 1 saturated carbocycles. The molecule has 4 heteroatoms. The summed E-state index contributed by atoms with van der Waals surface area (Å²) in [6.45, 7) is 0.697. The number of hydrogen-bond acceptors (Lipinski definition) is 3. The van der Waals surface area contributed by atoms with Crippen molar-refractivity contribution in [1.82, 2.24) is 14.8 Å². The number of nitrogens with zero attached hydrogens (tertiary/aromatic N) is 3. The van der Waals surface area contributed by atoms with Gasteiger partial charge in [-0.15, -0.1) is 10.2 Å². The number of rotatable bonds is 3. The van der Waals surface area contributed by atoms with Gasteiger partial charge in [0, 0.05) is 6.54 Å². The lowest BCUT2D eigenvalue weighted by molar-refractivity contribution is 0.453. The summed E-state index contributed by atoms with van der Waals surface area (Å²) in [5.41, 5.74) is 5.63. The molecule has 1 heterocycles. The Morgan fingerprint density at radius 2 is 2.09 bits per heavy atom. The quantitative estimate of drug-likeness (QED) is 0.672. The van der Waals surface area contributed by atoms with E-state index in [1.807, 2.05) is 4.57 Å². The monoisotopic (exact) mass is 152 g/mol. The molecular weight excluding hydrogens is 140 g/mol. The standard InChI is InChI=1S/C7H12N4/c8-3-7(6-1-2-6)11-4-9-10-5-11/h4-7H,1-3,8H2. The first-order valence-corrected chi connectivity index (χ1v) is 3.96.